The van der Waals surface area contributed by atoms with Crippen LogP contribution in [-0.2, 0) is 0 Å². The van der Waals surface area contributed by atoms with Crippen LogP contribution >= 0.6 is 22.6 Å². The molecule has 0 aliphatic rings. The van der Waals surface area contributed by atoms with E-state index in [2.05, 4.69) is 27.6 Å². The molecule has 0 fully saturated rings. The summed E-state index contributed by atoms with van der Waals surface area (Å²) in [6.45, 7) is 0. The van der Waals surface area contributed by atoms with Crippen LogP contribution in [0.2, 0.25) is 0 Å². The topological polar surface area (TPSA) is 53.8 Å². The summed E-state index contributed by atoms with van der Waals surface area (Å²) in [5.41, 5.74) is 0.358. The second-order valence-electron chi connectivity index (χ2n) is 2.12. The molecule has 0 radical (unpaired) electrons. The van der Waals surface area contributed by atoms with Gasteiger partial charge in [0.25, 0.3) is 0 Å². The van der Waals surface area contributed by atoms with Crippen LogP contribution in [-0.4, -0.2) is 10.8 Å². The highest BCUT2D eigenvalue weighted by Gasteiger charge is 2.04. The molecule has 0 spiro atoms. The van der Waals surface area contributed by atoms with Gasteiger partial charge < -0.3 is 0 Å². The molecule has 0 aliphatic heterocycles. The Labute approximate surface area is 83.6 Å². The third-order valence-electron chi connectivity index (χ3n) is 1.25. The summed E-state index contributed by atoms with van der Waals surface area (Å²) in [7, 11) is 0. The lowest BCUT2D eigenvalue weighted by Gasteiger charge is -1.94. The largest absolute Gasteiger partial charge is 0.291 e. The summed E-state index contributed by atoms with van der Waals surface area (Å²) < 4.78 is 0.973. The smallest absolute Gasteiger partial charge is 0.195 e. The molecule has 12 heavy (non-hydrogen) atoms. The van der Waals surface area contributed by atoms with Gasteiger partial charge >= 0.3 is 0 Å². The number of Topliss-reactive ketones (excluding diaryl/α,β-unsaturated/α-hetero) is 1. The van der Waals surface area contributed by atoms with Crippen molar-refractivity contribution < 1.29 is 4.79 Å². The molecule has 4 heteroatoms. The first kappa shape index (κ1) is 9.13. The standard InChI is InChI=1S/C8H5IN2O/c9-6-1-2-7(11-5-6)8(12)3-4-10/h1-2,5H,3H2. The number of carbonyl (C=O) groups excluding carboxylic acids is 1. The number of ketones is 1. The average molecular weight is 272 g/mol. The van der Waals surface area contributed by atoms with E-state index in [0.717, 1.165) is 3.57 Å². The minimum atomic E-state index is -0.228. The van der Waals surface area contributed by atoms with Crippen LogP contribution in [0, 0.1) is 14.9 Å². The van der Waals surface area contributed by atoms with Gasteiger partial charge in [-0.15, -0.1) is 0 Å². The van der Waals surface area contributed by atoms with Crippen molar-refractivity contribution in [2.75, 3.05) is 0 Å². The van der Waals surface area contributed by atoms with E-state index in [1.807, 2.05) is 0 Å². The second kappa shape index (κ2) is 4.16. The average Bonchev–Trinajstić information content (AvgIpc) is 2.06. The molecule has 0 aliphatic carbocycles. The number of halogens is 1. The van der Waals surface area contributed by atoms with Gasteiger partial charge in [-0.05, 0) is 34.7 Å². The Morgan fingerprint density at radius 1 is 1.67 bits per heavy atom. The lowest BCUT2D eigenvalue weighted by molar-refractivity contribution is 0.0993. The van der Waals surface area contributed by atoms with Gasteiger partial charge in [0.2, 0.25) is 0 Å². The Bertz CT molecular complexity index is 326. The van der Waals surface area contributed by atoms with Gasteiger partial charge in [-0.1, -0.05) is 0 Å². The molecule has 0 saturated heterocycles. The number of rotatable bonds is 2. The molecular formula is C8H5IN2O. The minimum absolute atomic E-state index is 0.104. The predicted octanol–water partition coefficient (Wildman–Crippen LogP) is 1.78. The molecule has 60 valence electrons. The highest BCUT2D eigenvalue weighted by molar-refractivity contribution is 14.1. The van der Waals surface area contributed by atoms with Crippen molar-refractivity contribution in [2.45, 2.75) is 6.42 Å². The van der Waals surface area contributed by atoms with E-state index >= 15 is 0 Å². The van der Waals surface area contributed by atoms with Crippen LogP contribution < -0.4 is 0 Å². The van der Waals surface area contributed by atoms with E-state index in [0.29, 0.717) is 5.69 Å². The number of carbonyl (C=O) groups is 1. The molecule has 0 N–H and O–H groups in total. The molecule has 1 aromatic heterocycles. The molecular weight excluding hydrogens is 267 g/mol. The van der Waals surface area contributed by atoms with Crippen molar-refractivity contribution in [1.82, 2.24) is 4.98 Å². The summed E-state index contributed by atoms with van der Waals surface area (Å²) in [4.78, 5) is 15.0. The molecule has 0 unspecified atom stereocenters. The number of nitriles is 1. The van der Waals surface area contributed by atoms with Crippen LogP contribution in [0.25, 0.3) is 0 Å². The monoisotopic (exact) mass is 272 g/mol. The Kier molecular flexibility index (Phi) is 3.17. The van der Waals surface area contributed by atoms with Crippen molar-refractivity contribution in [3.63, 3.8) is 0 Å². The molecule has 0 atom stereocenters. The van der Waals surface area contributed by atoms with Gasteiger partial charge in [-0.3, -0.25) is 9.78 Å². The number of aromatic nitrogens is 1. The number of nitrogens with zero attached hydrogens (tertiary/aromatic N) is 2. The van der Waals surface area contributed by atoms with Crippen molar-refractivity contribution in [3.8, 4) is 6.07 Å². The van der Waals surface area contributed by atoms with Crippen molar-refractivity contribution in [1.29, 1.82) is 5.26 Å². The third kappa shape index (κ3) is 2.27. The molecule has 0 aromatic carbocycles. The zero-order valence-electron chi connectivity index (χ0n) is 6.12. The number of hydrogen-bond donors (Lipinski definition) is 0. The van der Waals surface area contributed by atoms with Gasteiger partial charge in [-0.2, -0.15) is 5.26 Å². The molecule has 0 saturated carbocycles. The molecule has 1 rings (SSSR count). The van der Waals surface area contributed by atoms with Crippen LogP contribution in [0.5, 0.6) is 0 Å². The number of pyridine rings is 1. The highest BCUT2D eigenvalue weighted by Crippen LogP contribution is 2.04. The summed E-state index contributed by atoms with van der Waals surface area (Å²) >= 11 is 2.10. The first-order chi connectivity index (χ1) is 5.74. The van der Waals surface area contributed by atoms with E-state index in [1.165, 1.54) is 0 Å². The second-order valence-corrected chi connectivity index (χ2v) is 3.37. The Morgan fingerprint density at radius 3 is 2.92 bits per heavy atom. The van der Waals surface area contributed by atoms with E-state index in [-0.39, 0.29) is 12.2 Å². The van der Waals surface area contributed by atoms with E-state index < -0.39 is 0 Å². The van der Waals surface area contributed by atoms with E-state index in [4.69, 9.17) is 5.26 Å². The molecule has 1 aromatic rings. The van der Waals surface area contributed by atoms with Crippen LogP contribution in [0.4, 0.5) is 0 Å². The fourth-order valence-corrected chi connectivity index (χ4v) is 1.02. The maximum absolute atomic E-state index is 11.1. The molecule has 0 amide bonds. The number of hydrogen-bond acceptors (Lipinski definition) is 3. The zero-order chi connectivity index (χ0) is 8.97. The fraction of sp³-hybridized carbons (Fsp3) is 0.125. The van der Waals surface area contributed by atoms with Crippen molar-refractivity contribution in [2.24, 2.45) is 0 Å². The van der Waals surface area contributed by atoms with Gasteiger partial charge in [-0.25, -0.2) is 0 Å². The normalized spacial score (nSPS) is 9.00. The summed E-state index contributed by atoms with van der Waals surface area (Å²) in [6.07, 6.45) is 1.50. The van der Waals surface area contributed by atoms with Crippen LogP contribution in [0.15, 0.2) is 18.3 Å². The third-order valence-corrected chi connectivity index (χ3v) is 1.89. The van der Waals surface area contributed by atoms with E-state index in [9.17, 15) is 4.79 Å². The summed E-state index contributed by atoms with van der Waals surface area (Å²) in [5.74, 6) is -0.228. The zero-order valence-corrected chi connectivity index (χ0v) is 8.28. The fourth-order valence-electron chi connectivity index (χ4n) is 0.703. The maximum Gasteiger partial charge on any atom is 0.195 e. The maximum atomic E-state index is 11.1. The van der Waals surface area contributed by atoms with Crippen LogP contribution in [0.3, 0.4) is 0 Å². The first-order valence-electron chi connectivity index (χ1n) is 3.25. The Morgan fingerprint density at radius 2 is 2.42 bits per heavy atom. The van der Waals surface area contributed by atoms with Crippen molar-refractivity contribution >= 4 is 28.4 Å². The lowest BCUT2D eigenvalue weighted by atomic mass is 10.2. The molecule has 3 nitrogen and oxygen atoms in total. The van der Waals surface area contributed by atoms with Gasteiger partial charge in [0, 0.05) is 9.77 Å². The minimum Gasteiger partial charge on any atom is -0.291 e. The predicted molar refractivity (Wildman–Crippen MR) is 51.5 cm³/mol. The SMILES string of the molecule is N#CCC(=O)c1ccc(I)cn1. The van der Waals surface area contributed by atoms with Crippen LogP contribution in [0.1, 0.15) is 16.9 Å². The Balaban J connectivity index is 2.84. The molecule has 0 bridgehead atoms. The first-order valence-corrected chi connectivity index (χ1v) is 4.33. The lowest BCUT2D eigenvalue weighted by Crippen LogP contribution is -2.00. The quantitative estimate of drug-likeness (QED) is 0.609. The van der Waals surface area contributed by atoms with Gasteiger partial charge in [0.15, 0.2) is 5.78 Å². The van der Waals surface area contributed by atoms with E-state index in [1.54, 1.807) is 24.4 Å². The summed E-state index contributed by atoms with van der Waals surface area (Å²) in [6, 6.07) is 5.21. The Hall–Kier alpha value is -0.960. The van der Waals surface area contributed by atoms with Gasteiger partial charge in [0.1, 0.15) is 12.1 Å². The molecule has 1 heterocycles. The summed E-state index contributed by atoms with van der Waals surface area (Å²) in [5, 5.41) is 8.25. The highest BCUT2D eigenvalue weighted by atomic mass is 127. The van der Waals surface area contributed by atoms with Gasteiger partial charge in [0.05, 0.1) is 6.07 Å². The van der Waals surface area contributed by atoms with Crippen molar-refractivity contribution in [3.05, 3.63) is 27.6 Å².